The van der Waals surface area contributed by atoms with E-state index in [1.54, 1.807) is 19.2 Å². The van der Waals surface area contributed by atoms with Crippen molar-refractivity contribution >= 4 is 44.0 Å². The van der Waals surface area contributed by atoms with Crippen molar-refractivity contribution in [3.63, 3.8) is 0 Å². The molecule has 0 aliphatic heterocycles. The quantitative estimate of drug-likeness (QED) is 0.598. The van der Waals surface area contributed by atoms with E-state index in [4.69, 9.17) is 4.74 Å². The highest BCUT2D eigenvalue weighted by Gasteiger charge is 2.14. The van der Waals surface area contributed by atoms with E-state index in [0.29, 0.717) is 16.8 Å². The van der Waals surface area contributed by atoms with Crippen molar-refractivity contribution in [1.82, 2.24) is 3.96 Å². The van der Waals surface area contributed by atoms with Crippen LogP contribution < -0.4 is 15.6 Å². The van der Waals surface area contributed by atoms with Crippen molar-refractivity contribution in [3.8, 4) is 5.75 Å². The van der Waals surface area contributed by atoms with Gasteiger partial charge in [-0.25, -0.2) is 0 Å². The van der Waals surface area contributed by atoms with E-state index in [9.17, 15) is 9.59 Å². The molecule has 1 N–H and O–H groups in total. The lowest BCUT2D eigenvalue weighted by atomic mass is 10.1. The van der Waals surface area contributed by atoms with Crippen LogP contribution in [0.1, 0.15) is 0 Å². The maximum atomic E-state index is 12.7. The number of aromatic nitrogens is 1. The van der Waals surface area contributed by atoms with E-state index < -0.39 is 0 Å². The lowest BCUT2D eigenvalue weighted by Crippen LogP contribution is -2.23. The van der Waals surface area contributed by atoms with Gasteiger partial charge in [0.1, 0.15) is 12.3 Å². The predicted octanol–water partition coefficient (Wildman–Crippen LogP) is 3.86. The Morgan fingerprint density at radius 2 is 1.81 bits per heavy atom. The molecular formula is C20H16N2O3S. The number of amides is 1. The number of ether oxygens (including phenoxy) is 1. The molecule has 0 bridgehead atoms. The van der Waals surface area contributed by atoms with Gasteiger partial charge in [-0.3, -0.25) is 13.5 Å². The highest BCUT2D eigenvalue weighted by Crippen LogP contribution is 2.27. The summed E-state index contributed by atoms with van der Waals surface area (Å²) in [5.74, 6) is 0.308. The zero-order valence-electron chi connectivity index (χ0n) is 14.1. The van der Waals surface area contributed by atoms with E-state index in [1.165, 1.54) is 15.5 Å². The van der Waals surface area contributed by atoms with Gasteiger partial charge in [0.25, 0.3) is 5.56 Å². The van der Waals surface area contributed by atoms with Gasteiger partial charge in [0.2, 0.25) is 5.91 Å². The van der Waals surface area contributed by atoms with Crippen molar-refractivity contribution in [3.05, 3.63) is 71.0 Å². The molecule has 1 amide bonds. The number of nitrogens with zero attached hydrogens (tertiary/aromatic N) is 1. The van der Waals surface area contributed by atoms with Crippen molar-refractivity contribution in [2.45, 2.75) is 6.54 Å². The second kappa shape index (κ2) is 6.65. The van der Waals surface area contributed by atoms with Crippen LogP contribution in [0.4, 0.5) is 5.69 Å². The third-order valence-corrected chi connectivity index (χ3v) is 5.34. The smallest absolute Gasteiger partial charge is 0.269 e. The van der Waals surface area contributed by atoms with Gasteiger partial charge < -0.3 is 10.1 Å². The molecule has 0 spiro atoms. The Hall–Kier alpha value is -3.12. The number of para-hydroxylation sites is 2. The summed E-state index contributed by atoms with van der Waals surface area (Å²) in [6, 6.07) is 18.9. The Bertz CT molecular complexity index is 1180. The minimum absolute atomic E-state index is 0.0371. The first-order chi connectivity index (χ1) is 12.7. The number of nitrogens with one attached hydrogen (secondary N) is 1. The highest BCUT2D eigenvalue weighted by atomic mass is 32.1. The summed E-state index contributed by atoms with van der Waals surface area (Å²) >= 11 is 1.31. The van der Waals surface area contributed by atoms with E-state index in [2.05, 4.69) is 5.32 Å². The Morgan fingerprint density at radius 3 is 2.65 bits per heavy atom. The normalized spacial score (nSPS) is 11.0. The molecule has 0 unspecified atom stereocenters. The van der Waals surface area contributed by atoms with Crippen LogP contribution in [0, 0.1) is 0 Å². The number of hydrogen-bond donors (Lipinski definition) is 1. The zero-order valence-corrected chi connectivity index (χ0v) is 14.9. The predicted molar refractivity (Wildman–Crippen MR) is 105 cm³/mol. The van der Waals surface area contributed by atoms with Gasteiger partial charge in [-0.1, -0.05) is 54.0 Å². The average molecular weight is 364 g/mol. The van der Waals surface area contributed by atoms with Crippen LogP contribution in [0.2, 0.25) is 0 Å². The molecule has 0 radical (unpaired) electrons. The van der Waals surface area contributed by atoms with Crippen LogP contribution in [0.3, 0.4) is 0 Å². The van der Waals surface area contributed by atoms with Crippen LogP contribution in [-0.2, 0) is 11.3 Å². The Labute approximate surface area is 153 Å². The first-order valence-corrected chi connectivity index (χ1v) is 8.89. The largest absolute Gasteiger partial charge is 0.495 e. The summed E-state index contributed by atoms with van der Waals surface area (Å²) in [4.78, 5) is 25.1. The molecule has 26 heavy (non-hydrogen) atoms. The van der Waals surface area contributed by atoms with Gasteiger partial charge in [-0.05, 0) is 23.6 Å². The van der Waals surface area contributed by atoms with Crippen molar-refractivity contribution in [1.29, 1.82) is 0 Å². The molecule has 1 heterocycles. The Balaban J connectivity index is 1.67. The first kappa shape index (κ1) is 16.4. The van der Waals surface area contributed by atoms with Crippen LogP contribution in [-0.4, -0.2) is 17.0 Å². The molecular weight excluding hydrogens is 348 g/mol. The van der Waals surface area contributed by atoms with Gasteiger partial charge in [0.15, 0.2) is 0 Å². The number of carbonyl (C=O) groups excluding carboxylic acids is 1. The van der Waals surface area contributed by atoms with Crippen molar-refractivity contribution in [2.24, 2.45) is 0 Å². The first-order valence-electron chi connectivity index (χ1n) is 8.12. The summed E-state index contributed by atoms with van der Waals surface area (Å²) in [7, 11) is 1.55. The zero-order chi connectivity index (χ0) is 18.1. The second-order valence-electron chi connectivity index (χ2n) is 5.84. The summed E-state index contributed by atoms with van der Waals surface area (Å²) in [5, 5.41) is 5.54. The molecule has 0 saturated heterocycles. The summed E-state index contributed by atoms with van der Waals surface area (Å²) < 4.78 is 7.62. The number of anilines is 1. The number of carbonyl (C=O) groups is 1. The van der Waals surface area contributed by atoms with Gasteiger partial charge in [-0.15, -0.1) is 0 Å². The van der Waals surface area contributed by atoms with Crippen LogP contribution in [0.5, 0.6) is 5.75 Å². The fourth-order valence-corrected chi connectivity index (χ4v) is 4.09. The standard InChI is InChI=1S/C20H16N2O3S/c1-25-17-9-5-4-8-16(17)21-18(23)12-22-20(24)15-11-10-13-6-2-3-7-14(13)19(15)26-22/h2-11H,12H2,1H3,(H,21,23). The topological polar surface area (TPSA) is 60.3 Å². The molecule has 4 rings (SSSR count). The molecule has 1 aromatic heterocycles. The van der Waals surface area contributed by atoms with Gasteiger partial charge in [0, 0.05) is 5.39 Å². The number of benzene rings is 3. The lowest BCUT2D eigenvalue weighted by molar-refractivity contribution is -0.116. The number of methoxy groups -OCH3 is 1. The van der Waals surface area contributed by atoms with E-state index in [1.807, 2.05) is 48.5 Å². The molecule has 0 saturated carbocycles. The number of rotatable bonds is 4. The van der Waals surface area contributed by atoms with Crippen LogP contribution in [0.25, 0.3) is 20.9 Å². The molecule has 0 aliphatic rings. The summed E-state index contributed by atoms with van der Waals surface area (Å²) in [6.45, 7) is -0.0371. The van der Waals surface area contributed by atoms with E-state index in [-0.39, 0.29) is 18.0 Å². The van der Waals surface area contributed by atoms with E-state index >= 15 is 0 Å². The molecule has 6 heteroatoms. The van der Waals surface area contributed by atoms with Gasteiger partial charge in [-0.2, -0.15) is 0 Å². The van der Waals surface area contributed by atoms with E-state index in [0.717, 1.165) is 15.5 Å². The fourth-order valence-electron chi connectivity index (χ4n) is 2.97. The minimum atomic E-state index is -0.271. The lowest BCUT2D eigenvalue weighted by Gasteiger charge is -2.09. The number of hydrogen-bond acceptors (Lipinski definition) is 4. The van der Waals surface area contributed by atoms with Crippen molar-refractivity contribution < 1.29 is 9.53 Å². The van der Waals surface area contributed by atoms with Gasteiger partial charge in [0.05, 0.1) is 22.9 Å². The number of fused-ring (bicyclic) bond motifs is 3. The average Bonchev–Trinajstić information content (AvgIpc) is 2.98. The third kappa shape index (κ3) is 2.84. The van der Waals surface area contributed by atoms with Gasteiger partial charge >= 0.3 is 0 Å². The maximum Gasteiger partial charge on any atom is 0.269 e. The van der Waals surface area contributed by atoms with Crippen LogP contribution in [0.15, 0.2) is 65.5 Å². The van der Waals surface area contributed by atoms with Crippen LogP contribution >= 0.6 is 11.5 Å². The molecule has 5 nitrogen and oxygen atoms in total. The Morgan fingerprint density at radius 1 is 1.04 bits per heavy atom. The molecule has 0 aliphatic carbocycles. The molecule has 130 valence electrons. The molecule has 3 aromatic carbocycles. The van der Waals surface area contributed by atoms with Crippen molar-refractivity contribution in [2.75, 3.05) is 12.4 Å². The SMILES string of the molecule is COc1ccccc1NC(=O)Cn1sc2c(ccc3ccccc32)c1=O. The highest BCUT2D eigenvalue weighted by molar-refractivity contribution is 7.15. The Kier molecular flexibility index (Phi) is 4.18. The minimum Gasteiger partial charge on any atom is -0.495 e. The monoisotopic (exact) mass is 364 g/mol. The third-order valence-electron chi connectivity index (χ3n) is 4.21. The molecule has 0 atom stereocenters. The fraction of sp³-hybridized carbons (Fsp3) is 0.100. The second-order valence-corrected chi connectivity index (χ2v) is 6.88. The molecule has 0 fully saturated rings. The summed E-state index contributed by atoms with van der Waals surface area (Å²) in [6.07, 6.45) is 0. The summed E-state index contributed by atoms with van der Waals surface area (Å²) in [5.41, 5.74) is 0.436. The maximum absolute atomic E-state index is 12.7. The molecule has 4 aromatic rings.